The Hall–Kier alpha value is -3.96. The fourth-order valence-electron chi connectivity index (χ4n) is 7.53. The molecule has 0 N–H and O–H groups in total. The number of rotatable bonds is 9. The number of amides is 1. The van der Waals surface area contributed by atoms with Gasteiger partial charge in [-0.25, -0.2) is 13.2 Å². The molecule has 5 heterocycles. The van der Waals surface area contributed by atoms with Crippen molar-refractivity contribution < 1.29 is 22.7 Å². The van der Waals surface area contributed by atoms with E-state index in [9.17, 15) is 13.6 Å². The van der Waals surface area contributed by atoms with E-state index < -0.39 is 24.8 Å². The molecule has 8 nitrogen and oxygen atoms in total. The van der Waals surface area contributed by atoms with Gasteiger partial charge in [0.1, 0.15) is 23.6 Å². The lowest BCUT2D eigenvalue weighted by atomic mass is 9.95. The van der Waals surface area contributed by atoms with E-state index in [4.69, 9.17) is 16.3 Å². The SMILES string of the molecule is C=CC(=O)N1CCC(N(CC(F)F)c2nc(OCC34CCCN3CCC4)nc3c(F)c(-c4cccc5cccc(Cl)c45)ncc23)C1. The largest absolute Gasteiger partial charge is 0.461 e. The number of ether oxygens (including phenoxy) is 1. The molecule has 46 heavy (non-hydrogen) atoms. The summed E-state index contributed by atoms with van der Waals surface area (Å²) in [6, 6.07) is 10.3. The molecule has 0 radical (unpaired) electrons. The Kier molecular flexibility index (Phi) is 8.23. The molecule has 0 bridgehead atoms. The number of carbonyl (C=O) groups excluding carboxylic acids is 1. The molecule has 1 amide bonds. The maximum atomic E-state index is 16.8. The molecule has 0 saturated carbocycles. The van der Waals surface area contributed by atoms with Gasteiger partial charge in [-0.2, -0.15) is 9.97 Å². The van der Waals surface area contributed by atoms with Crippen LogP contribution in [0.25, 0.3) is 32.9 Å². The molecule has 0 aliphatic carbocycles. The van der Waals surface area contributed by atoms with Crippen LogP contribution in [-0.4, -0.2) is 88.0 Å². The number of carbonyl (C=O) groups is 1. The second kappa shape index (κ2) is 12.3. The van der Waals surface area contributed by atoms with Crippen molar-refractivity contribution in [3.63, 3.8) is 0 Å². The van der Waals surface area contributed by atoms with Crippen LogP contribution in [0.15, 0.2) is 55.3 Å². The third kappa shape index (κ3) is 5.43. The number of pyridine rings is 1. The molecule has 12 heteroatoms. The van der Waals surface area contributed by atoms with Crippen molar-refractivity contribution in [2.24, 2.45) is 0 Å². The second-order valence-corrected chi connectivity index (χ2v) is 12.7. The van der Waals surface area contributed by atoms with Crippen molar-refractivity contribution in [2.75, 3.05) is 44.2 Å². The van der Waals surface area contributed by atoms with Gasteiger partial charge in [0.15, 0.2) is 5.82 Å². The predicted octanol–water partition coefficient (Wildman–Crippen LogP) is 6.50. The molecule has 7 rings (SSSR count). The van der Waals surface area contributed by atoms with E-state index >= 15 is 4.39 Å². The number of anilines is 1. The van der Waals surface area contributed by atoms with Gasteiger partial charge < -0.3 is 14.5 Å². The Labute approximate surface area is 269 Å². The lowest BCUT2D eigenvalue weighted by Crippen LogP contribution is -2.44. The second-order valence-electron chi connectivity index (χ2n) is 12.3. The fraction of sp³-hybridized carbons (Fsp3) is 0.412. The minimum absolute atomic E-state index is 0.0298. The van der Waals surface area contributed by atoms with Gasteiger partial charge in [-0.05, 0) is 62.7 Å². The van der Waals surface area contributed by atoms with E-state index in [-0.39, 0.29) is 46.4 Å². The number of alkyl halides is 2. The van der Waals surface area contributed by atoms with Crippen molar-refractivity contribution in [3.8, 4) is 17.3 Å². The smallest absolute Gasteiger partial charge is 0.319 e. The van der Waals surface area contributed by atoms with Crippen LogP contribution in [0.4, 0.5) is 19.0 Å². The monoisotopic (exact) mass is 650 g/mol. The number of likely N-dealkylation sites (tertiary alicyclic amines) is 1. The highest BCUT2D eigenvalue weighted by Gasteiger charge is 2.45. The van der Waals surface area contributed by atoms with Crippen LogP contribution < -0.4 is 9.64 Å². The number of halogens is 4. The molecule has 1 unspecified atom stereocenters. The zero-order valence-corrected chi connectivity index (χ0v) is 26.0. The van der Waals surface area contributed by atoms with Gasteiger partial charge in [0.2, 0.25) is 5.91 Å². The first-order valence-corrected chi connectivity index (χ1v) is 16.0. The maximum absolute atomic E-state index is 16.8. The molecule has 240 valence electrons. The highest BCUT2D eigenvalue weighted by atomic mass is 35.5. The summed E-state index contributed by atoms with van der Waals surface area (Å²) in [5, 5.41) is 2.08. The topological polar surface area (TPSA) is 74.7 Å². The molecular formula is C34H34ClF3N6O2. The standard InChI is InChI=1S/C34H34ClF3N6O2/c1-2-27(45)42-16-11-22(18-42)44(19-26(36)37)32-24-17-39-30(23-9-3-7-21-8-4-10-25(35)28(21)23)29(38)31(24)40-33(41-32)46-20-34-12-5-14-43(34)15-6-13-34/h2-4,7-10,17,22,26H,1,5-6,11-16,18-20H2. The lowest BCUT2D eigenvalue weighted by molar-refractivity contribution is -0.125. The summed E-state index contributed by atoms with van der Waals surface area (Å²) < 4.78 is 51.4. The van der Waals surface area contributed by atoms with E-state index in [0.717, 1.165) is 44.2 Å². The summed E-state index contributed by atoms with van der Waals surface area (Å²) in [6.45, 7) is 5.75. The van der Waals surface area contributed by atoms with Crippen LogP contribution in [0.3, 0.4) is 0 Å². The van der Waals surface area contributed by atoms with Crippen LogP contribution >= 0.6 is 11.6 Å². The van der Waals surface area contributed by atoms with Crippen molar-refractivity contribution >= 4 is 45.0 Å². The van der Waals surface area contributed by atoms with Crippen LogP contribution in [0.2, 0.25) is 5.02 Å². The maximum Gasteiger partial charge on any atom is 0.319 e. The number of hydrogen-bond acceptors (Lipinski definition) is 7. The molecular weight excluding hydrogens is 617 g/mol. The first-order chi connectivity index (χ1) is 22.3. The van der Waals surface area contributed by atoms with Gasteiger partial charge in [0.05, 0.1) is 17.5 Å². The van der Waals surface area contributed by atoms with Gasteiger partial charge in [0, 0.05) is 41.3 Å². The minimum atomic E-state index is -2.72. The average Bonchev–Trinajstić information content (AvgIpc) is 3.79. The average molecular weight is 651 g/mol. The molecule has 2 aromatic heterocycles. The van der Waals surface area contributed by atoms with E-state index in [2.05, 4.69) is 26.4 Å². The normalized spacial score (nSPS) is 19.3. The van der Waals surface area contributed by atoms with E-state index in [0.29, 0.717) is 35.5 Å². The molecule has 2 aromatic carbocycles. The Balaban J connectivity index is 1.36. The van der Waals surface area contributed by atoms with Crippen molar-refractivity contribution in [3.05, 3.63) is 66.1 Å². The Morgan fingerprint density at radius 1 is 1.15 bits per heavy atom. The summed E-state index contributed by atoms with van der Waals surface area (Å²) in [6.07, 6.45) is 4.42. The zero-order chi connectivity index (χ0) is 32.0. The summed E-state index contributed by atoms with van der Waals surface area (Å²) >= 11 is 6.58. The lowest BCUT2D eigenvalue weighted by Gasteiger charge is -2.32. The zero-order valence-electron chi connectivity index (χ0n) is 25.3. The Morgan fingerprint density at radius 3 is 2.65 bits per heavy atom. The van der Waals surface area contributed by atoms with Crippen LogP contribution in [-0.2, 0) is 4.79 Å². The summed E-state index contributed by atoms with van der Waals surface area (Å²) in [5.74, 6) is -0.912. The van der Waals surface area contributed by atoms with Crippen molar-refractivity contribution in [1.29, 1.82) is 0 Å². The predicted molar refractivity (Wildman–Crippen MR) is 172 cm³/mol. The van der Waals surface area contributed by atoms with Gasteiger partial charge in [0.25, 0.3) is 6.43 Å². The quantitative estimate of drug-likeness (QED) is 0.191. The molecule has 3 aliphatic rings. The minimum Gasteiger partial charge on any atom is -0.461 e. The summed E-state index contributed by atoms with van der Waals surface area (Å²) in [5.41, 5.74) is 0.287. The highest BCUT2D eigenvalue weighted by molar-refractivity contribution is 6.36. The first kappa shape index (κ1) is 30.7. The third-order valence-corrected chi connectivity index (χ3v) is 10.0. The highest BCUT2D eigenvalue weighted by Crippen LogP contribution is 2.41. The van der Waals surface area contributed by atoms with E-state index in [1.807, 2.05) is 18.2 Å². The summed E-state index contributed by atoms with van der Waals surface area (Å²) in [7, 11) is 0. The molecule has 3 saturated heterocycles. The molecule has 3 fully saturated rings. The number of benzene rings is 2. The number of nitrogens with zero attached hydrogens (tertiary/aromatic N) is 6. The van der Waals surface area contributed by atoms with Gasteiger partial charge in [-0.3, -0.25) is 14.7 Å². The third-order valence-electron chi connectivity index (χ3n) is 9.73. The Morgan fingerprint density at radius 2 is 1.91 bits per heavy atom. The first-order valence-electron chi connectivity index (χ1n) is 15.7. The molecule has 4 aromatic rings. The van der Waals surface area contributed by atoms with Gasteiger partial charge in [-0.15, -0.1) is 0 Å². The van der Waals surface area contributed by atoms with E-state index in [1.165, 1.54) is 17.2 Å². The molecule has 1 atom stereocenters. The molecule has 3 aliphatic heterocycles. The number of fused-ring (bicyclic) bond motifs is 3. The van der Waals surface area contributed by atoms with Crippen LogP contribution in [0, 0.1) is 5.82 Å². The number of aromatic nitrogens is 3. The molecule has 0 spiro atoms. The van der Waals surface area contributed by atoms with Crippen LogP contribution in [0.5, 0.6) is 6.01 Å². The fourth-order valence-corrected chi connectivity index (χ4v) is 7.81. The van der Waals surface area contributed by atoms with Gasteiger partial charge in [-0.1, -0.05) is 48.5 Å². The number of hydrogen-bond donors (Lipinski definition) is 0. The van der Waals surface area contributed by atoms with Crippen molar-refractivity contribution in [1.82, 2.24) is 24.8 Å². The Bertz CT molecular complexity index is 1810. The van der Waals surface area contributed by atoms with Crippen molar-refractivity contribution in [2.45, 2.75) is 50.1 Å². The summed E-state index contributed by atoms with van der Waals surface area (Å²) in [4.78, 5) is 31.5. The van der Waals surface area contributed by atoms with Gasteiger partial charge >= 0.3 is 6.01 Å². The van der Waals surface area contributed by atoms with Crippen LogP contribution in [0.1, 0.15) is 32.1 Å². The van der Waals surface area contributed by atoms with E-state index in [1.54, 1.807) is 23.1 Å².